The van der Waals surface area contributed by atoms with Crippen molar-refractivity contribution >= 4 is 17.5 Å². The van der Waals surface area contributed by atoms with Crippen LogP contribution in [0.1, 0.15) is 17.3 Å². The Morgan fingerprint density at radius 1 is 1.40 bits per heavy atom. The molecule has 1 aromatic carbocycles. The highest BCUT2D eigenvalue weighted by Gasteiger charge is 2.11. The molecule has 1 heterocycles. The van der Waals surface area contributed by atoms with E-state index in [9.17, 15) is 18.8 Å². The topological polar surface area (TPSA) is 84.8 Å². The summed E-state index contributed by atoms with van der Waals surface area (Å²) in [4.78, 5) is 37.1. The number of hydrogen-bond donors (Lipinski definition) is 1. The van der Waals surface area contributed by atoms with Crippen LogP contribution in [0.4, 0.5) is 4.39 Å². The highest BCUT2D eigenvalue weighted by atomic mass is 32.2. The average molecular weight is 295 g/mol. The maximum atomic E-state index is 13.8. The molecule has 0 aliphatic heterocycles. The lowest BCUT2D eigenvalue weighted by atomic mass is 10.1. The fraction of sp³-hybridized carbons (Fsp3) is 0.167. The van der Waals surface area contributed by atoms with Crippen molar-refractivity contribution in [2.24, 2.45) is 7.05 Å². The molecule has 0 amide bonds. The van der Waals surface area contributed by atoms with Crippen molar-refractivity contribution in [3.05, 3.63) is 50.3 Å². The second-order valence-electron chi connectivity index (χ2n) is 4.00. The Morgan fingerprint density at radius 2 is 2.10 bits per heavy atom. The third-order valence-corrected chi connectivity index (χ3v) is 3.59. The number of hydrogen-bond acceptors (Lipinski definition) is 5. The van der Waals surface area contributed by atoms with E-state index in [2.05, 4.69) is 10.1 Å². The van der Waals surface area contributed by atoms with Crippen molar-refractivity contribution in [3.8, 4) is 0 Å². The van der Waals surface area contributed by atoms with E-state index in [4.69, 9.17) is 0 Å². The van der Waals surface area contributed by atoms with Gasteiger partial charge in [0.05, 0.1) is 4.90 Å². The van der Waals surface area contributed by atoms with Gasteiger partial charge >= 0.3 is 11.1 Å². The SMILES string of the molecule is CC(=O)c1ccc(Sc2nc(=O)c(=O)[nH]n2C)c(F)c1. The molecule has 2 aromatic rings. The number of nitrogens with zero attached hydrogens (tertiary/aromatic N) is 2. The number of aryl methyl sites for hydroxylation is 1. The Balaban J connectivity index is 2.40. The summed E-state index contributed by atoms with van der Waals surface area (Å²) >= 11 is 0.880. The van der Waals surface area contributed by atoms with Crippen molar-refractivity contribution in [3.63, 3.8) is 0 Å². The third-order valence-electron chi connectivity index (χ3n) is 2.49. The van der Waals surface area contributed by atoms with Crippen LogP contribution in [-0.2, 0) is 7.05 Å². The van der Waals surface area contributed by atoms with E-state index in [-0.39, 0.29) is 21.4 Å². The summed E-state index contributed by atoms with van der Waals surface area (Å²) in [6, 6.07) is 4.03. The van der Waals surface area contributed by atoms with Crippen LogP contribution >= 0.6 is 11.8 Å². The van der Waals surface area contributed by atoms with E-state index < -0.39 is 16.9 Å². The molecule has 0 atom stereocenters. The summed E-state index contributed by atoms with van der Waals surface area (Å²) in [6.45, 7) is 1.34. The summed E-state index contributed by atoms with van der Waals surface area (Å²) in [5.74, 6) is -0.835. The molecule has 0 saturated heterocycles. The maximum Gasteiger partial charge on any atom is 0.339 e. The van der Waals surface area contributed by atoms with Crippen LogP contribution in [0.3, 0.4) is 0 Å². The summed E-state index contributed by atoms with van der Waals surface area (Å²) in [7, 11) is 1.48. The van der Waals surface area contributed by atoms with Gasteiger partial charge in [-0.1, -0.05) is 6.07 Å². The fourth-order valence-electron chi connectivity index (χ4n) is 1.45. The van der Waals surface area contributed by atoms with Gasteiger partial charge in [-0.05, 0) is 30.8 Å². The molecule has 0 unspecified atom stereocenters. The zero-order chi connectivity index (χ0) is 14.9. The van der Waals surface area contributed by atoms with Gasteiger partial charge in [0.25, 0.3) is 0 Å². The molecular weight excluding hydrogens is 285 g/mol. The number of carbonyl (C=O) groups excluding carboxylic acids is 1. The first-order chi connectivity index (χ1) is 9.38. The second-order valence-corrected chi connectivity index (χ2v) is 5.01. The lowest BCUT2D eigenvalue weighted by Crippen LogP contribution is -2.33. The Kier molecular flexibility index (Phi) is 3.84. The fourth-order valence-corrected chi connectivity index (χ4v) is 2.25. The van der Waals surface area contributed by atoms with E-state index >= 15 is 0 Å². The first kappa shape index (κ1) is 14.2. The number of H-pyrrole nitrogens is 1. The lowest BCUT2D eigenvalue weighted by Gasteiger charge is -2.07. The number of rotatable bonds is 3. The van der Waals surface area contributed by atoms with E-state index in [1.165, 1.54) is 30.8 Å². The number of aromatic amines is 1. The van der Waals surface area contributed by atoms with Crippen LogP contribution in [0.15, 0.2) is 37.8 Å². The molecule has 0 fully saturated rings. The van der Waals surface area contributed by atoms with Crippen LogP contribution < -0.4 is 11.1 Å². The minimum atomic E-state index is -0.939. The van der Waals surface area contributed by atoms with Crippen molar-refractivity contribution in [1.82, 2.24) is 14.8 Å². The van der Waals surface area contributed by atoms with Gasteiger partial charge in [-0.25, -0.2) is 4.39 Å². The smallest absolute Gasteiger partial charge is 0.295 e. The summed E-state index contributed by atoms with van der Waals surface area (Å²) in [6.07, 6.45) is 0. The number of halogens is 1. The average Bonchev–Trinajstić information content (AvgIpc) is 2.37. The second kappa shape index (κ2) is 5.41. The van der Waals surface area contributed by atoms with Crippen LogP contribution in [0.5, 0.6) is 0 Å². The third kappa shape index (κ3) is 2.85. The molecule has 1 N–H and O–H groups in total. The zero-order valence-electron chi connectivity index (χ0n) is 10.6. The predicted octanol–water partition coefficient (Wildman–Crippen LogP) is 0.962. The highest BCUT2D eigenvalue weighted by molar-refractivity contribution is 7.99. The number of ketones is 1. The van der Waals surface area contributed by atoms with Crippen molar-refractivity contribution in [1.29, 1.82) is 0 Å². The van der Waals surface area contributed by atoms with Crippen LogP contribution in [0, 0.1) is 5.82 Å². The Labute approximate surface area is 116 Å². The minimum Gasteiger partial charge on any atom is -0.295 e. The van der Waals surface area contributed by atoms with E-state index in [1.807, 2.05) is 0 Å². The number of aromatic nitrogens is 3. The number of carbonyl (C=O) groups is 1. The molecule has 2 rings (SSSR count). The Morgan fingerprint density at radius 3 is 2.70 bits per heavy atom. The molecule has 0 spiro atoms. The monoisotopic (exact) mass is 295 g/mol. The molecule has 104 valence electrons. The number of benzene rings is 1. The van der Waals surface area contributed by atoms with Gasteiger partial charge in [0, 0.05) is 12.6 Å². The molecule has 0 aliphatic rings. The van der Waals surface area contributed by atoms with Gasteiger partial charge in [-0.3, -0.25) is 24.2 Å². The van der Waals surface area contributed by atoms with Gasteiger partial charge in [0.2, 0.25) is 0 Å². The molecule has 8 heteroatoms. The highest BCUT2D eigenvalue weighted by Crippen LogP contribution is 2.27. The minimum absolute atomic E-state index is 0.143. The van der Waals surface area contributed by atoms with Gasteiger partial charge in [0.15, 0.2) is 10.9 Å². The van der Waals surface area contributed by atoms with Crippen LogP contribution in [0.25, 0.3) is 0 Å². The normalized spacial score (nSPS) is 10.6. The van der Waals surface area contributed by atoms with Crippen molar-refractivity contribution in [2.75, 3.05) is 0 Å². The van der Waals surface area contributed by atoms with E-state index in [0.717, 1.165) is 17.8 Å². The maximum absolute atomic E-state index is 13.8. The number of Topliss-reactive ketones (excluding diaryl/α,β-unsaturated/α-hetero) is 1. The predicted molar refractivity (Wildman–Crippen MR) is 70.6 cm³/mol. The van der Waals surface area contributed by atoms with Crippen LogP contribution in [0.2, 0.25) is 0 Å². The molecule has 6 nitrogen and oxygen atoms in total. The van der Waals surface area contributed by atoms with Gasteiger partial charge < -0.3 is 0 Å². The van der Waals surface area contributed by atoms with Crippen molar-refractivity contribution < 1.29 is 9.18 Å². The van der Waals surface area contributed by atoms with Gasteiger partial charge in [-0.2, -0.15) is 4.98 Å². The molecule has 0 aliphatic carbocycles. The Hall–Kier alpha value is -2.22. The largest absolute Gasteiger partial charge is 0.339 e. The van der Waals surface area contributed by atoms with E-state index in [1.54, 1.807) is 0 Å². The quantitative estimate of drug-likeness (QED) is 0.673. The first-order valence-electron chi connectivity index (χ1n) is 5.54. The first-order valence-corrected chi connectivity index (χ1v) is 6.36. The zero-order valence-corrected chi connectivity index (χ0v) is 11.5. The summed E-state index contributed by atoms with van der Waals surface area (Å²) in [5, 5.41) is 2.41. The Bertz CT molecular complexity index is 797. The molecule has 0 radical (unpaired) electrons. The van der Waals surface area contributed by atoms with Gasteiger partial charge in [-0.15, -0.1) is 0 Å². The molecule has 20 heavy (non-hydrogen) atoms. The summed E-state index contributed by atoms with van der Waals surface area (Å²) < 4.78 is 15.1. The summed E-state index contributed by atoms with van der Waals surface area (Å²) in [5.41, 5.74) is -1.52. The molecule has 0 bridgehead atoms. The molecule has 0 saturated carbocycles. The van der Waals surface area contributed by atoms with E-state index in [0.29, 0.717) is 0 Å². The lowest BCUT2D eigenvalue weighted by molar-refractivity contribution is 0.101. The standard InChI is InChI=1S/C12H10FN3O3S/c1-6(17)7-3-4-9(8(13)5-7)20-12-14-10(18)11(19)15-16(12)2/h3-5H,1-2H3,(H,15,19). The van der Waals surface area contributed by atoms with Crippen molar-refractivity contribution in [2.45, 2.75) is 17.0 Å². The van der Waals surface area contributed by atoms with Gasteiger partial charge in [0.1, 0.15) is 5.82 Å². The number of nitrogens with one attached hydrogen (secondary N) is 1. The van der Waals surface area contributed by atoms with Crippen LogP contribution in [-0.4, -0.2) is 20.5 Å². The molecule has 1 aromatic heterocycles. The molecular formula is C12H10FN3O3S.